The van der Waals surface area contributed by atoms with Crippen LogP contribution >= 0.6 is 0 Å². The molecule has 7 nitrogen and oxygen atoms in total. The van der Waals surface area contributed by atoms with Gasteiger partial charge in [0, 0.05) is 12.5 Å². The minimum Gasteiger partial charge on any atom is -0.369 e. The Morgan fingerprint density at radius 1 is 1.27 bits per heavy atom. The van der Waals surface area contributed by atoms with Crippen LogP contribution in [0.5, 0.6) is 0 Å². The molecule has 0 radical (unpaired) electrons. The molecule has 0 aliphatic carbocycles. The smallest absolute Gasteiger partial charge is 0.272 e. The minimum atomic E-state index is -0.725. The predicted octanol–water partition coefficient (Wildman–Crippen LogP) is 4.27. The van der Waals surface area contributed by atoms with E-state index in [4.69, 9.17) is 4.52 Å². The van der Waals surface area contributed by atoms with E-state index in [1.807, 2.05) is 37.3 Å². The monoisotopic (exact) mass is 356 g/mol. The molecule has 0 spiro atoms. The molecule has 0 saturated heterocycles. The summed E-state index contributed by atoms with van der Waals surface area (Å²) in [6.45, 7) is 2.00. The van der Waals surface area contributed by atoms with Crippen LogP contribution in [0, 0.1) is 15.9 Å². The molecule has 0 saturated carbocycles. The second-order valence-electron chi connectivity index (χ2n) is 5.71. The second kappa shape index (κ2) is 7.73. The number of nitrogens with one attached hydrogen (secondary N) is 1. The highest BCUT2D eigenvalue weighted by Crippen LogP contribution is 2.28. The third-order valence-electron chi connectivity index (χ3n) is 3.80. The number of nitrogens with zero attached hydrogens (tertiary/aromatic N) is 3. The van der Waals surface area contributed by atoms with E-state index in [2.05, 4.69) is 15.5 Å². The molecule has 3 aromatic rings. The zero-order valence-electron chi connectivity index (χ0n) is 14.1. The molecule has 0 bridgehead atoms. The molecule has 0 fully saturated rings. The number of hydrogen-bond donors (Lipinski definition) is 1. The molecule has 1 atom stereocenters. The van der Waals surface area contributed by atoms with Crippen molar-refractivity contribution in [3.05, 3.63) is 81.7 Å². The van der Waals surface area contributed by atoms with Crippen LogP contribution in [-0.2, 0) is 6.42 Å². The van der Waals surface area contributed by atoms with Crippen molar-refractivity contribution in [2.24, 2.45) is 0 Å². The fraction of sp³-hybridized carbons (Fsp3) is 0.222. The van der Waals surface area contributed by atoms with E-state index in [0.29, 0.717) is 18.1 Å². The highest BCUT2D eigenvalue weighted by atomic mass is 19.1. The Labute approximate surface area is 149 Å². The average molecular weight is 356 g/mol. The lowest BCUT2D eigenvalue weighted by Gasteiger charge is -2.17. The molecule has 0 amide bonds. The molecule has 1 heterocycles. The third-order valence-corrected chi connectivity index (χ3v) is 3.80. The van der Waals surface area contributed by atoms with Gasteiger partial charge in [-0.2, -0.15) is 4.98 Å². The number of non-ortho nitro benzene ring substituents is 1. The van der Waals surface area contributed by atoms with Gasteiger partial charge in [0.05, 0.1) is 16.7 Å². The summed E-state index contributed by atoms with van der Waals surface area (Å²) >= 11 is 0. The van der Waals surface area contributed by atoms with Crippen LogP contribution in [0.3, 0.4) is 0 Å². The maximum absolute atomic E-state index is 14.3. The van der Waals surface area contributed by atoms with Gasteiger partial charge in [0.25, 0.3) is 5.69 Å². The Hall–Kier alpha value is -3.29. The molecular weight excluding hydrogens is 339 g/mol. The summed E-state index contributed by atoms with van der Waals surface area (Å²) in [5.41, 5.74) is 0.620. The fourth-order valence-electron chi connectivity index (χ4n) is 2.53. The van der Waals surface area contributed by atoms with Crippen molar-refractivity contribution in [3.63, 3.8) is 0 Å². The van der Waals surface area contributed by atoms with Crippen LogP contribution in [0.4, 0.5) is 15.8 Å². The lowest BCUT2D eigenvalue weighted by Crippen LogP contribution is -2.15. The van der Waals surface area contributed by atoms with Gasteiger partial charge in [0.1, 0.15) is 6.04 Å². The number of aromatic nitrogens is 2. The number of benzene rings is 2. The highest BCUT2D eigenvalue weighted by molar-refractivity contribution is 5.52. The van der Waals surface area contributed by atoms with Gasteiger partial charge >= 0.3 is 0 Å². The van der Waals surface area contributed by atoms with Gasteiger partial charge < -0.3 is 9.84 Å². The average Bonchev–Trinajstić information content (AvgIpc) is 3.10. The van der Waals surface area contributed by atoms with Crippen molar-refractivity contribution >= 4 is 11.4 Å². The summed E-state index contributed by atoms with van der Waals surface area (Å²) in [6, 6.07) is 12.2. The molecule has 0 aliphatic heterocycles. The summed E-state index contributed by atoms with van der Waals surface area (Å²) in [5, 5.41) is 17.8. The van der Waals surface area contributed by atoms with Gasteiger partial charge in [-0.05, 0) is 18.1 Å². The summed E-state index contributed by atoms with van der Waals surface area (Å²) < 4.78 is 19.5. The van der Waals surface area contributed by atoms with Crippen molar-refractivity contribution in [1.29, 1.82) is 0 Å². The van der Waals surface area contributed by atoms with Gasteiger partial charge in [0.2, 0.25) is 5.89 Å². The van der Waals surface area contributed by atoms with E-state index in [1.54, 1.807) is 0 Å². The molecule has 8 heteroatoms. The molecule has 26 heavy (non-hydrogen) atoms. The first-order valence-electron chi connectivity index (χ1n) is 8.16. The lowest BCUT2D eigenvalue weighted by atomic mass is 10.1. The van der Waals surface area contributed by atoms with Crippen LogP contribution in [0.25, 0.3) is 0 Å². The van der Waals surface area contributed by atoms with Crippen molar-refractivity contribution < 1.29 is 13.8 Å². The van der Waals surface area contributed by atoms with Gasteiger partial charge in [-0.25, -0.2) is 4.39 Å². The number of nitro groups is 1. The maximum Gasteiger partial charge on any atom is 0.272 e. The van der Waals surface area contributed by atoms with Crippen molar-refractivity contribution in [2.45, 2.75) is 25.8 Å². The number of hydrogen-bond acceptors (Lipinski definition) is 6. The normalized spacial score (nSPS) is 11.9. The zero-order valence-corrected chi connectivity index (χ0v) is 14.1. The first kappa shape index (κ1) is 17.5. The molecule has 0 aliphatic rings. The number of aryl methyl sites for hydroxylation is 1. The number of halogens is 1. The second-order valence-corrected chi connectivity index (χ2v) is 5.71. The lowest BCUT2D eigenvalue weighted by molar-refractivity contribution is -0.385. The summed E-state index contributed by atoms with van der Waals surface area (Å²) in [6.07, 6.45) is 1.52. The zero-order chi connectivity index (χ0) is 18.5. The standard InChI is InChI=1S/C18H17FN4O3/c1-2-6-16-21-18(22-26-16)17(12-7-4-3-5-8-12)20-15-10-9-13(23(24)25)11-14(15)19/h3-5,7-11,17,20H,2,6H2,1H3. The van der Waals surface area contributed by atoms with Crippen molar-refractivity contribution in [2.75, 3.05) is 5.32 Å². The van der Waals surface area contributed by atoms with E-state index in [-0.39, 0.29) is 11.4 Å². The first-order valence-corrected chi connectivity index (χ1v) is 8.16. The number of nitro benzene ring substituents is 1. The quantitative estimate of drug-likeness (QED) is 0.502. The van der Waals surface area contributed by atoms with E-state index >= 15 is 0 Å². The van der Waals surface area contributed by atoms with Crippen LogP contribution in [0.1, 0.15) is 36.7 Å². The predicted molar refractivity (Wildman–Crippen MR) is 93.3 cm³/mol. The van der Waals surface area contributed by atoms with Crippen LogP contribution in [0.15, 0.2) is 53.1 Å². The first-order chi connectivity index (χ1) is 12.6. The largest absolute Gasteiger partial charge is 0.369 e. The van der Waals surface area contributed by atoms with Crippen molar-refractivity contribution in [3.8, 4) is 0 Å². The highest BCUT2D eigenvalue weighted by Gasteiger charge is 2.22. The SMILES string of the molecule is CCCc1nc(C(Nc2ccc([N+](=O)[O-])cc2F)c2ccccc2)no1. The molecule has 134 valence electrons. The van der Waals surface area contributed by atoms with Crippen LogP contribution in [-0.4, -0.2) is 15.1 Å². The molecular formula is C18H17FN4O3. The Kier molecular flexibility index (Phi) is 5.21. The number of rotatable bonds is 7. The summed E-state index contributed by atoms with van der Waals surface area (Å²) in [7, 11) is 0. The third kappa shape index (κ3) is 3.85. The molecule has 1 aromatic heterocycles. The molecule has 3 rings (SSSR count). The van der Waals surface area contributed by atoms with Gasteiger partial charge in [-0.3, -0.25) is 10.1 Å². The summed E-state index contributed by atoms with van der Waals surface area (Å²) in [4.78, 5) is 14.5. The van der Waals surface area contributed by atoms with Crippen molar-refractivity contribution in [1.82, 2.24) is 10.1 Å². The van der Waals surface area contributed by atoms with E-state index in [9.17, 15) is 14.5 Å². The Balaban J connectivity index is 1.95. The van der Waals surface area contributed by atoms with Crippen LogP contribution < -0.4 is 5.32 Å². The van der Waals surface area contributed by atoms with E-state index < -0.39 is 16.8 Å². The Bertz CT molecular complexity index is 898. The Morgan fingerprint density at radius 3 is 2.69 bits per heavy atom. The van der Waals surface area contributed by atoms with E-state index in [0.717, 1.165) is 18.1 Å². The molecule has 1 unspecified atom stereocenters. The Morgan fingerprint density at radius 2 is 2.04 bits per heavy atom. The van der Waals surface area contributed by atoms with E-state index in [1.165, 1.54) is 12.1 Å². The molecule has 1 N–H and O–H groups in total. The minimum absolute atomic E-state index is 0.117. The summed E-state index contributed by atoms with van der Waals surface area (Å²) in [5.74, 6) is 0.157. The fourth-order valence-corrected chi connectivity index (χ4v) is 2.53. The number of anilines is 1. The maximum atomic E-state index is 14.3. The van der Waals surface area contributed by atoms with Crippen LogP contribution in [0.2, 0.25) is 0 Å². The van der Waals surface area contributed by atoms with Gasteiger partial charge in [-0.15, -0.1) is 0 Å². The molecule has 2 aromatic carbocycles. The van der Waals surface area contributed by atoms with Gasteiger partial charge in [0.15, 0.2) is 11.6 Å². The topological polar surface area (TPSA) is 94.1 Å². The van der Waals surface area contributed by atoms with Gasteiger partial charge in [-0.1, -0.05) is 42.4 Å².